The van der Waals surface area contributed by atoms with Crippen LogP contribution in [0.1, 0.15) is 31.9 Å². The van der Waals surface area contributed by atoms with Crippen molar-refractivity contribution in [2.24, 2.45) is 0 Å². The fourth-order valence-electron chi connectivity index (χ4n) is 2.34. The van der Waals surface area contributed by atoms with E-state index in [1.54, 1.807) is 0 Å². The molecule has 1 heterocycles. The lowest BCUT2D eigenvalue weighted by molar-refractivity contribution is 0.0572. The van der Waals surface area contributed by atoms with Crippen molar-refractivity contribution in [3.05, 3.63) is 35.4 Å². The number of hydrogen-bond acceptors (Lipinski definition) is 3. The van der Waals surface area contributed by atoms with Crippen molar-refractivity contribution in [1.82, 2.24) is 4.90 Å². The molecule has 0 spiro atoms. The van der Waals surface area contributed by atoms with Crippen molar-refractivity contribution in [1.29, 1.82) is 0 Å². The predicted octanol–water partition coefficient (Wildman–Crippen LogP) is 1.52. The van der Waals surface area contributed by atoms with Gasteiger partial charge in [-0.25, -0.2) is 0 Å². The maximum Gasteiger partial charge on any atom is 0.0938 e. The van der Waals surface area contributed by atoms with Crippen molar-refractivity contribution in [2.45, 2.75) is 44.9 Å². The summed E-state index contributed by atoms with van der Waals surface area (Å²) in [5.41, 5.74) is 2.73. The zero-order valence-corrected chi connectivity index (χ0v) is 11.4. The van der Waals surface area contributed by atoms with E-state index >= 15 is 0 Å². The topological polar surface area (TPSA) is 43.7 Å². The number of likely N-dealkylation sites (tertiary alicyclic amines) is 1. The number of benzene rings is 1. The van der Waals surface area contributed by atoms with Gasteiger partial charge in [-0.15, -0.1) is 0 Å². The van der Waals surface area contributed by atoms with Crippen LogP contribution in [-0.2, 0) is 12.0 Å². The Balaban J connectivity index is 1.99. The van der Waals surface area contributed by atoms with E-state index in [9.17, 15) is 10.2 Å². The molecule has 18 heavy (non-hydrogen) atoms. The van der Waals surface area contributed by atoms with Gasteiger partial charge in [0.05, 0.1) is 12.2 Å². The highest BCUT2D eigenvalue weighted by Crippen LogP contribution is 2.23. The molecule has 0 aliphatic carbocycles. The summed E-state index contributed by atoms with van der Waals surface area (Å²) in [4.78, 5) is 2.08. The Morgan fingerprint density at radius 1 is 1.06 bits per heavy atom. The molecule has 2 rings (SSSR count). The maximum atomic E-state index is 9.51. The Hall–Kier alpha value is -0.900. The van der Waals surface area contributed by atoms with Gasteiger partial charge >= 0.3 is 0 Å². The van der Waals surface area contributed by atoms with E-state index in [0.29, 0.717) is 13.1 Å². The molecule has 2 N–H and O–H groups in total. The largest absolute Gasteiger partial charge is 0.389 e. The highest BCUT2D eigenvalue weighted by molar-refractivity contribution is 5.27. The summed E-state index contributed by atoms with van der Waals surface area (Å²) in [7, 11) is 0. The number of rotatable bonds is 2. The van der Waals surface area contributed by atoms with Crippen molar-refractivity contribution < 1.29 is 10.2 Å². The first kappa shape index (κ1) is 13.5. The number of aliphatic hydroxyl groups excluding tert-OH is 2. The fraction of sp³-hybridized carbons (Fsp3) is 0.600. The van der Waals surface area contributed by atoms with Crippen LogP contribution in [0.25, 0.3) is 0 Å². The van der Waals surface area contributed by atoms with Crippen molar-refractivity contribution >= 4 is 0 Å². The summed E-state index contributed by atoms with van der Waals surface area (Å²) < 4.78 is 0. The first-order valence-electron chi connectivity index (χ1n) is 6.54. The third kappa shape index (κ3) is 3.10. The minimum atomic E-state index is -0.598. The van der Waals surface area contributed by atoms with E-state index < -0.39 is 12.2 Å². The minimum absolute atomic E-state index is 0.179. The normalized spacial score (nSPS) is 25.6. The van der Waals surface area contributed by atoms with Gasteiger partial charge in [0, 0.05) is 19.6 Å². The minimum Gasteiger partial charge on any atom is -0.389 e. The Bertz CT molecular complexity index is 384. The van der Waals surface area contributed by atoms with Crippen LogP contribution in [0.4, 0.5) is 0 Å². The summed E-state index contributed by atoms with van der Waals surface area (Å²) in [5.74, 6) is 0. The Morgan fingerprint density at radius 2 is 1.56 bits per heavy atom. The SMILES string of the molecule is CC(C)(C)c1ccc(CN2CC(O)C(O)C2)cc1. The molecule has 1 saturated heterocycles. The van der Waals surface area contributed by atoms with Gasteiger partial charge in [0.1, 0.15) is 0 Å². The third-order valence-electron chi connectivity index (χ3n) is 3.56. The summed E-state index contributed by atoms with van der Waals surface area (Å²) in [6.07, 6.45) is -1.20. The quantitative estimate of drug-likeness (QED) is 0.835. The van der Waals surface area contributed by atoms with Crippen LogP contribution in [0.15, 0.2) is 24.3 Å². The molecule has 2 atom stereocenters. The van der Waals surface area contributed by atoms with E-state index in [4.69, 9.17) is 0 Å². The Labute approximate surface area is 109 Å². The molecule has 2 unspecified atom stereocenters. The number of aliphatic hydroxyl groups is 2. The maximum absolute atomic E-state index is 9.51. The van der Waals surface area contributed by atoms with E-state index in [1.807, 2.05) is 0 Å². The summed E-state index contributed by atoms with van der Waals surface area (Å²) >= 11 is 0. The summed E-state index contributed by atoms with van der Waals surface area (Å²) in [6.45, 7) is 8.52. The predicted molar refractivity (Wildman–Crippen MR) is 72.4 cm³/mol. The van der Waals surface area contributed by atoms with Crippen LogP contribution >= 0.6 is 0 Å². The van der Waals surface area contributed by atoms with Crippen LogP contribution in [0.5, 0.6) is 0 Å². The molecular weight excluding hydrogens is 226 g/mol. The smallest absolute Gasteiger partial charge is 0.0938 e. The zero-order chi connectivity index (χ0) is 13.3. The van der Waals surface area contributed by atoms with E-state index in [-0.39, 0.29) is 5.41 Å². The van der Waals surface area contributed by atoms with Crippen LogP contribution in [0.3, 0.4) is 0 Å². The average molecular weight is 249 g/mol. The van der Waals surface area contributed by atoms with Crippen molar-refractivity contribution in [2.75, 3.05) is 13.1 Å². The molecule has 1 aromatic carbocycles. The highest BCUT2D eigenvalue weighted by Gasteiger charge is 2.29. The molecule has 1 aliphatic heterocycles. The number of nitrogens with zero attached hydrogens (tertiary/aromatic N) is 1. The molecule has 0 bridgehead atoms. The lowest BCUT2D eigenvalue weighted by Gasteiger charge is -2.20. The Kier molecular flexibility index (Phi) is 3.76. The van der Waals surface area contributed by atoms with Crippen molar-refractivity contribution in [3.8, 4) is 0 Å². The van der Waals surface area contributed by atoms with Gasteiger partial charge in [-0.05, 0) is 16.5 Å². The second-order valence-corrected chi connectivity index (χ2v) is 6.28. The second kappa shape index (κ2) is 5.00. The lowest BCUT2D eigenvalue weighted by atomic mass is 9.87. The monoisotopic (exact) mass is 249 g/mol. The summed E-state index contributed by atoms with van der Waals surface area (Å²) in [6, 6.07) is 8.60. The molecule has 0 radical (unpaired) electrons. The highest BCUT2D eigenvalue weighted by atomic mass is 16.3. The van der Waals surface area contributed by atoms with Gasteiger partial charge in [-0.2, -0.15) is 0 Å². The molecule has 0 amide bonds. The van der Waals surface area contributed by atoms with Gasteiger partial charge in [-0.1, -0.05) is 45.0 Å². The molecule has 1 aliphatic rings. The van der Waals surface area contributed by atoms with Crippen LogP contribution in [-0.4, -0.2) is 40.4 Å². The summed E-state index contributed by atoms with van der Waals surface area (Å²) in [5, 5.41) is 19.0. The van der Waals surface area contributed by atoms with Crippen LogP contribution in [0.2, 0.25) is 0 Å². The van der Waals surface area contributed by atoms with Gasteiger partial charge in [-0.3, -0.25) is 4.90 Å². The molecule has 0 aromatic heterocycles. The molecule has 1 aromatic rings. The first-order chi connectivity index (χ1) is 8.36. The first-order valence-corrected chi connectivity index (χ1v) is 6.54. The lowest BCUT2D eigenvalue weighted by Crippen LogP contribution is -2.22. The van der Waals surface area contributed by atoms with Gasteiger partial charge in [0.25, 0.3) is 0 Å². The molecule has 1 fully saturated rings. The molecule has 0 saturated carbocycles. The standard InChI is InChI=1S/C15H23NO2/c1-15(2,3)12-6-4-11(5-7-12)8-16-9-13(17)14(18)10-16/h4-7,13-14,17-18H,8-10H2,1-3H3. The number of hydrogen-bond donors (Lipinski definition) is 2. The van der Waals surface area contributed by atoms with E-state index in [1.165, 1.54) is 11.1 Å². The van der Waals surface area contributed by atoms with Crippen molar-refractivity contribution in [3.63, 3.8) is 0 Å². The Morgan fingerprint density at radius 3 is 2.00 bits per heavy atom. The van der Waals surface area contributed by atoms with Gasteiger partial charge < -0.3 is 10.2 Å². The molecule has 3 heteroatoms. The third-order valence-corrected chi connectivity index (χ3v) is 3.56. The zero-order valence-electron chi connectivity index (χ0n) is 11.4. The molecule has 100 valence electrons. The van der Waals surface area contributed by atoms with E-state index in [2.05, 4.69) is 49.9 Å². The number of β-amino-alcohol motifs (C(OH)–C–C–N with tert-alkyl or cyclic N) is 2. The molecule has 3 nitrogen and oxygen atoms in total. The average Bonchev–Trinajstić information content (AvgIpc) is 2.57. The van der Waals surface area contributed by atoms with Gasteiger partial charge in [0.2, 0.25) is 0 Å². The second-order valence-electron chi connectivity index (χ2n) is 6.28. The van der Waals surface area contributed by atoms with Gasteiger partial charge in [0.15, 0.2) is 0 Å². The molecular formula is C15H23NO2. The fourth-order valence-corrected chi connectivity index (χ4v) is 2.34. The van der Waals surface area contributed by atoms with E-state index in [0.717, 1.165) is 6.54 Å². The van der Waals surface area contributed by atoms with Crippen LogP contribution < -0.4 is 0 Å². The van der Waals surface area contributed by atoms with Crippen LogP contribution in [0, 0.1) is 0 Å².